The van der Waals surface area contributed by atoms with Crippen molar-refractivity contribution in [3.05, 3.63) is 23.3 Å². The maximum Gasteiger partial charge on any atom is 0.257 e. The van der Waals surface area contributed by atoms with Gasteiger partial charge in [-0.05, 0) is 55.9 Å². The van der Waals surface area contributed by atoms with E-state index in [1.807, 2.05) is 0 Å². The second-order valence-corrected chi connectivity index (χ2v) is 6.99. The fraction of sp³-hybridized carbons (Fsp3) is 0.500. The van der Waals surface area contributed by atoms with E-state index in [0.717, 1.165) is 0 Å². The summed E-state index contributed by atoms with van der Waals surface area (Å²) in [5.74, 6) is 0.933. The van der Waals surface area contributed by atoms with Crippen molar-refractivity contribution >= 4 is 15.9 Å². The number of aryl methyl sites for hydroxylation is 2. The number of hydrogen-bond acceptors (Lipinski definition) is 4. The number of carbonyl (C=O) groups excluding carboxylic acids is 1. The van der Waals surface area contributed by atoms with Gasteiger partial charge >= 0.3 is 0 Å². The van der Waals surface area contributed by atoms with Crippen LogP contribution in [0.5, 0.6) is 5.75 Å². The molecule has 0 heterocycles. The molecule has 1 aromatic carbocycles. The first-order valence-electron chi connectivity index (χ1n) is 6.81. The lowest BCUT2D eigenvalue weighted by atomic mass is 10.1. The van der Waals surface area contributed by atoms with Gasteiger partial charge in [-0.25, -0.2) is 13.6 Å². The van der Waals surface area contributed by atoms with Crippen molar-refractivity contribution in [3.63, 3.8) is 0 Å². The number of primary sulfonamides is 1. The average Bonchev–Trinajstić information content (AvgIpc) is 3.19. The number of amides is 1. The van der Waals surface area contributed by atoms with E-state index in [1.54, 1.807) is 19.9 Å². The van der Waals surface area contributed by atoms with Gasteiger partial charge in [0.2, 0.25) is 10.0 Å². The molecule has 1 saturated carbocycles. The number of sulfonamides is 1. The number of nitrogens with one attached hydrogen (secondary N) is 1. The molecule has 116 valence electrons. The summed E-state index contributed by atoms with van der Waals surface area (Å²) in [6.07, 6.45) is 2.35. The number of hydrogen-bond donors (Lipinski definition) is 2. The van der Waals surface area contributed by atoms with E-state index in [4.69, 9.17) is 9.88 Å². The lowest BCUT2D eigenvalue weighted by Crippen LogP contribution is -2.30. The van der Waals surface area contributed by atoms with E-state index in [2.05, 4.69) is 5.32 Å². The molecule has 2 rings (SSSR count). The molecule has 0 saturated heterocycles. The Morgan fingerprint density at radius 3 is 2.57 bits per heavy atom. The Bertz CT molecular complexity index is 651. The predicted molar refractivity (Wildman–Crippen MR) is 78.5 cm³/mol. The van der Waals surface area contributed by atoms with Crippen LogP contribution in [0, 0.1) is 19.8 Å². The molecule has 0 spiro atoms. The number of nitrogens with two attached hydrogens (primary N) is 1. The topological polar surface area (TPSA) is 98.5 Å². The minimum Gasteiger partial charge on any atom is -0.483 e. The molecule has 0 unspecified atom stereocenters. The van der Waals surface area contributed by atoms with Crippen molar-refractivity contribution in [2.75, 3.05) is 13.2 Å². The zero-order valence-corrected chi connectivity index (χ0v) is 13.0. The van der Waals surface area contributed by atoms with Gasteiger partial charge in [0.25, 0.3) is 5.91 Å². The van der Waals surface area contributed by atoms with Crippen LogP contribution in [0.3, 0.4) is 0 Å². The van der Waals surface area contributed by atoms with Gasteiger partial charge in [-0.1, -0.05) is 0 Å². The van der Waals surface area contributed by atoms with E-state index in [-0.39, 0.29) is 17.4 Å². The third-order valence-electron chi connectivity index (χ3n) is 3.42. The molecule has 1 amide bonds. The van der Waals surface area contributed by atoms with Crippen molar-refractivity contribution in [1.82, 2.24) is 5.32 Å². The van der Waals surface area contributed by atoms with Crippen LogP contribution < -0.4 is 15.2 Å². The summed E-state index contributed by atoms with van der Waals surface area (Å²) in [6.45, 7) is 3.97. The van der Waals surface area contributed by atoms with Crippen LogP contribution >= 0.6 is 0 Å². The van der Waals surface area contributed by atoms with Gasteiger partial charge in [0, 0.05) is 6.54 Å². The van der Waals surface area contributed by atoms with Crippen molar-refractivity contribution in [2.24, 2.45) is 11.1 Å². The van der Waals surface area contributed by atoms with Crippen molar-refractivity contribution in [2.45, 2.75) is 31.6 Å². The minimum absolute atomic E-state index is 0.0746. The summed E-state index contributed by atoms with van der Waals surface area (Å²) in [4.78, 5) is 11.7. The summed E-state index contributed by atoms with van der Waals surface area (Å²) in [7, 11) is -3.75. The lowest BCUT2D eigenvalue weighted by molar-refractivity contribution is -0.123. The maximum atomic E-state index is 11.6. The number of rotatable bonds is 6. The molecule has 0 atom stereocenters. The molecule has 3 N–H and O–H groups in total. The zero-order chi connectivity index (χ0) is 15.6. The summed E-state index contributed by atoms with van der Waals surface area (Å²) in [5, 5.41) is 7.94. The smallest absolute Gasteiger partial charge is 0.257 e. The van der Waals surface area contributed by atoms with Crippen LogP contribution in [0.25, 0.3) is 0 Å². The molecule has 0 aromatic heterocycles. The normalized spacial score (nSPS) is 14.8. The van der Waals surface area contributed by atoms with Crippen LogP contribution in [-0.2, 0) is 14.8 Å². The average molecular weight is 312 g/mol. The van der Waals surface area contributed by atoms with E-state index < -0.39 is 10.0 Å². The molecule has 0 aliphatic heterocycles. The fourth-order valence-corrected chi connectivity index (χ4v) is 2.85. The van der Waals surface area contributed by atoms with Crippen LogP contribution in [0.4, 0.5) is 0 Å². The Labute approximate surface area is 124 Å². The SMILES string of the molecule is Cc1cc(S(N)(=O)=O)c(C)cc1OCC(=O)NCC1CC1. The van der Waals surface area contributed by atoms with Gasteiger partial charge < -0.3 is 10.1 Å². The number of ether oxygens (including phenoxy) is 1. The first-order valence-corrected chi connectivity index (χ1v) is 8.35. The lowest BCUT2D eigenvalue weighted by Gasteiger charge is -2.12. The molecule has 7 heteroatoms. The Morgan fingerprint density at radius 1 is 1.33 bits per heavy atom. The molecule has 21 heavy (non-hydrogen) atoms. The second kappa shape index (κ2) is 6.03. The molecule has 6 nitrogen and oxygen atoms in total. The first-order chi connectivity index (χ1) is 9.77. The van der Waals surface area contributed by atoms with Gasteiger partial charge in [-0.2, -0.15) is 0 Å². The van der Waals surface area contributed by atoms with E-state index in [1.165, 1.54) is 18.9 Å². The number of benzene rings is 1. The maximum absolute atomic E-state index is 11.6. The third-order valence-corrected chi connectivity index (χ3v) is 4.48. The number of carbonyl (C=O) groups is 1. The summed E-state index contributed by atoms with van der Waals surface area (Å²) < 4.78 is 28.3. The Kier molecular flexibility index (Phi) is 4.53. The molecule has 0 radical (unpaired) electrons. The third kappa shape index (κ3) is 4.44. The van der Waals surface area contributed by atoms with Crippen molar-refractivity contribution < 1.29 is 17.9 Å². The van der Waals surface area contributed by atoms with Gasteiger partial charge in [0.15, 0.2) is 6.61 Å². The highest BCUT2D eigenvalue weighted by atomic mass is 32.2. The molecular weight excluding hydrogens is 292 g/mol. The van der Waals surface area contributed by atoms with Gasteiger partial charge in [0.05, 0.1) is 4.90 Å². The van der Waals surface area contributed by atoms with E-state index in [0.29, 0.717) is 29.3 Å². The minimum atomic E-state index is -3.75. The largest absolute Gasteiger partial charge is 0.483 e. The zero-order valence-electron chi connectivity index (χ0n) is 12.2. The Morgan fingerprint density at radius 2 is 2.00 bits per heavy atom. The molecule has 1 aromatic rings. The van der Waals surface area contributed by atoms with Gasteiger partial charge in [0.1, 0.15) is 5.75 Å². The molecular formula is C14H20N2O4S. The van der Waals surface area contributed by atoms with Crippen molar-refractivity contribution in [3.8, 4) is 5.75 Å². The molecule has 0 bridgehead atoms. The van der Waals surface area contributed by atoms with Crippen LogP contribution in [-0.4, -0.2) is 27.5 Å². The quantitative estimate of drug-likeness (QED) is 0.813. The van der Waals surface area contributed by atoms with Crippen LogP contribution in [0.1, 0.15) is 24.0 Å². The standard InChI is InChI=1S/C14H20N2O4S/c1-9-6-13(21(15,18)19)10(2)5-12(9)20-8-14(17)16-7-11-3-4-11/h5-6,11H,3-4,7-8H2,1-2H3,(H,16,17)(H2,15,18,19). The Hall–Kier alpha value is -1.60. The first kappa shape index (κ1) is 15.8. The van der Waals surface area contributed by atoms with Crippen LogP contribution in [0.15, 0.2) is 17.0 Å². The summed E-state index contributed by atoms with van der Waals surface area (Å²) >= 11 is 0. The Balaban J connectivity index is 1.99. The highest BCUT2D eigenvalue weighted by Crippen LogP contribution is 2.27. The highest BCUT2D eigenvalue weighted by molar-refractivity contribution is 7.89. The highest BCUT2D eigenvalue weighted by Gasteiger charge is 2.21. The van der Waals surface area contributed by atoms with Crippen LogP contribution in [0.2, 0.25) is 0 Å². The second-order valence-electron chi connectivity index (χ2n) is 5.46. The monoisotopic (exact) mass is 312 g/mol. The predicted octanol–water partition coefficient (Wildman–Crippen LogP) is 0.856. The fourth-order valence-electron chi connectivity index (χ4n) is 2.00. The molecule has 1 aliphatic carbocycles. The van der Waals surface area contributed by atoms with Crippen molar-refractivity contribution in [1.29, 1.82) is 0 Å². The van der Waals surface area contributed by atoms with E-state index >= 15 is 0 Å². The summed E-state index contributed by atoms with van der Waals surface area (Å²) in [6, 6.07) is 3.05. The molecule has 1 fully saturated rings. The van der Waals surface area contributed by atoms with E-state index in [9.17, 15) is 13.2 Å². The van der Waals surface area contributed by atoms with Gasteiger partial charge in [-0.15, -0.1) is 0 Å². The molecule has 1 aliphatic rings. The van der Waals surface area contributed by atoms with Gasteiger partial charge in [-0.3, -0.25) is 4.79 Å². The summed E-state index contributed by atoms with van der Waals surface area (Å²) in [5.41, 5.74) is 1.12.